The summed E-state index contributed by atoms with van der Waals surface area (Å²) in [4.78, 5) is 36.5. The van der Waals surface area contributed by atoms with Gasteiger partial charge in [0.25, 0.3) is 5.56 Å². The summed E-state index contributed by atoms with van der Waals surface area (Å²) in [5.41, 5.74) is 4.93. The average molecular weight is 489 g/mol. The van der Waals surface area contributed by atoms with Gasteiger partial charge in [-0.05, 0) is 49.2 Å². The van der Waals surface area contributed by atoms with Crippen LogP contribution in [0.15, 0.2) is 89.9 Å². The number of amides is 1. The zero-order valence-electron chi connectivity index (χ0n) is 20.3. The third-order valence-electron chi connectivity index (χ3n) is 6.54. The van der Waals surface area contributed by atoms with Gasteiger partial charge >= 0.3 is 0 Å². The largest absolute Gasteiger partial charge is 0.324 e. The lowest BCUT2D eigenvalue weighted by molar-refractivity contribution is -0.117. The molecule has 5 aromatic rings. The minimum atomic E-state index is -0.282. The van der Waals surface area contributed by atoms with Crippen molar-refractivity contribution in [3.63, 3.8) is 0 Å². The maximum atomic E-state index is 13.5. The van der Waals surface area contributed by atoms with Crippen LogP contribution < -0.4 is 15.8 Å². The van der Waals surface area contributed by atoms with Gasteiger partial charge in [-0.15, -0.1) is 0 Å². The number of nitrogens with one attached hydrogen (secondary N) is 1. The summed E-state index contributed by atoms with van der Waals surface area (Å²) in [6.07, 6.45) is 3.02. The van der Waals surface area contributed by atoms with Crippen LogP contribution in [0.5, 0.6) is 0 Å². The van der Waals surface area contributed by atoms with Gasteiger partial charge in [-0.3, -0.25) is 9.59 Å². The predicted octanol–water partition coefficient (Wildman–Crippen LogP) is 5.02. The highest BCUT2D eigenvalue weighted by Gasteiger charge is 2.21. The number of nitrogens with zero attached hydrogens (tertiary/aromatic N) is 5. The van der Waals surface area contributed by atoms with Crippen molar-refractivity contribution in [2.24, 2.45) is 0 Å². The summed E-state index contributed by atoms with van der Waals surface area (Å²) >= 11 is 0. The molecule has 3 heterocycles. The van der Waals surface area contributed by atoms with E-state index in [9.17, 15) is 9.59 Å². The normalized spacial score (nSPS) is 13.3. The molecule has 1 aliphatic heterocycles. The van der Waals surface area contributed by atoms with Crippen LogP contribution in [0.4, 0.5) is 17.3 Å². The van der Waals surface area contributed by atoms with Crippen molar-refractivity contribution >= 4 is 34.1 Å². The van der Waals surface area contributed by atoms with Gasteiger partial charge in [0, 0.05) is 36.1 Å². The van der Waals surface area contributed by atoms with E-state index < -0.39 is 0 Å². The number of anilines is 3. The molecular weight excluding hydrogens is 464 g/mol. The molecule has 8 nitrogen and oxygen atoms in total. The van der Waals surface area contributed by atoms with Crippen molar-refractivity contribution in [1.29, 1.82) is 0 Å². The van der Waals surface area contributed by atoms with E-state index in [1.807, 2.05) is 85.8 Å². The van der Waals surface area contributed by atoms with Crippen LogP contribution in [0.3, 0.4) is 0 Å². The lowest BCUT2D eigenvalue weighted by atomic mass is 10.1. The molecule has 0 radical (unpaired) electrons. The number of carbonyl (C=O) groups is 1. The monoisotopic (exact) mass is 488 g/mol. The second-order valence-corrected chi connectivity index (χ2v) is 8.99. The number of aryl methyl sites for hydroxylation is 1. The van der Waals surface area contributed by atoms with Crippen LogP contribution in [-0.2, 0) is 4.79 Å². The van der Waals surface area contributed by atoms with Gasteiger partial charge in [0.2, 0.25) is 11.9 Å². The molecule has 0 bridgehead atoms. The fourth-order valence-corrected chi connectivity index (χ4v) is 4.62. The van der Waals surface area contributed by atoms with Crippen molar-refractivity contribution in [2.45, 2.75) is 19.8 Å². The van der Waals surface area contributed by atoms with Crippen molar-refractivity contribution in [1.82, 2.24) is 19.7 Å². The van der Waals surface area contributed by atoms with Gasteiger partial charge in [0.15, 0.2) is 0 Å². The zero-order valence-corrected chi connectivity index (χ0v) is 20.3. The highest BCUT2D eigenvalue weighted by molar-refractivity contribution is 5.95. The molecule has 1 N–H and O–H groups in total. The maximum absolute atomic E-state index is 13.5. The van der Waals surface area contributed by atoms with Crippen LogP contribution in [0.1, 0.15) is 18.4 Å². The van der Waals surface area contributed by atoms with E-state index in [4.69, 9.17) is 10.1 Å². The van der Waals surface area contributed by atoms with E-state index in [2.05, 4.69) is 10.3 Å². The summed E-state index contributed by atoms with van der Waals surface area (Å²) in [5.74, 6) is 0.500. The summed E-state index contributed by atoms with van der Waals surface area (Å²) in [6.45, 7) is 2.69. The number of para-hydroxylation sites is 1. The van der Waals surface area contributed by atoms with E-state index in [0.29, 0.717) is 34.7 Å². The highest BCUT2D eigenvalue weighted by Crippen LogP contribution is 2.27. The first-order chi connectivity index (χ1) is 18.1. The zero-order chi connectivity index (χ0) is 25.4. The lowest BCUT2D eigenvalue weighted by Gasteiger charge is -2.16. The number of fused-ring (bicyclic) bond motifs is 1. The van der Waals surface area contributed by atoms with E-state index in [1.54, 1.807) is 11.1 Å². The second-order valence-electron chi connectivity index (χ2n) is 8.99. The molecule has 2 aromatic heterocycles. The molecule has 37 heavy (non-hydrogen) atoms. The Balaban J connectivity index is 1.43. The van der Waals surface area contributed by atoms with Gasteiger partial charge in [0.1, 0.15) is 11.2 Å². The lowest BCUT2D eigenvalue weighted by Crippen LogP contribution is -2.23. The topological polar surface area (TPSA) is 93.0 Å². The Hall–Kier alpha value is -4.85. The molecular formula is C29H24N6O2. The van der Waals surface area contributed by atoms with Gasteiger partial charge in [-0.25, -0.2) is 9.97 Å². The van der Waals surface area contributed by atoms with Crippen LogP contribution in [0.2, 0.25) is 0 Å². The minimum Gasteiger partial charge on any atom is -0.324 e. The Kier molecular flexibility index (Phi) is 5.69. The smallest absolute Gasteiger partial charge is 0.282 e. The van der Waals surface area contributed by atoms with Crippen LogP contribution >= 0.6 is 0 Å². The first kappa shape index (κ1) is 22.6. The molecule has 1 saturated heterocycles. The molecule has 1 fully saturated rings. The molecule has 1 amide bonds. The van der Waals surface area contributed by atoms with Crippen molar-refractivity contribution in [2.75, 3.05) is 16.8 Å². The van der Waals surface area contributed by atoms with Crippen molar-refractivity contribution < 1.29 is 4.79 Å². The third-order valence-corrected chi connectivity index (χ3v) is 6.54. The number of rotatable bonds is 5. The summed E-state index contributed by atoms with van der Waals surface area (Å²) in [7, 11) is 0. The number of aromatic nitrogens is 4. The standard InChI is InChI=1S/C29H24N6O2/c1-19-8-5-6-11-24(19)35-28(37)23-18-30-29(32-27(23)26(33-35)20-9-3-2-4-10-20)31-21-13-15-22(16-14-21)34-17-7-12-25(34)36/h2-6,8-11,13-16,18H,7,12,17H2,1H3,(H,30,31,32). The van der Waals surface area contributed by atoms with Crippen LogP contribution in [0, 0.1) is 6.92 Å². The molecule has 1 aliphatic rings. The Morgan fingerprint density at radius 1 is 0.892 bits per heavy atom. The number of hydrogen-bond donors (Lipinski definition) is 1. The number of carbonyl (C=O) groups excluding carboxylic acids is 1. The molecule has 0 aliphatic carbocycles. The Bertz CT molecular complexity index is 1680. The minimum absolute atomic E-state index is 0.149. The van der Waals surface area contributed by atoms with Crippen LogP contribution in [0.25, 0.3) is 27.8 Å². The fourth-order valence-electron chi connectivity index (χ4n) is 4.62. The molecule has 0 unspecified atom stereocenters. The molecule has 3 aromatic carbocycles. The fraction of sp³-hybridized carbons (Fsp3) is 0.138. The van der Waals surface area contributed by atoms with Crippen molar-refractivity contribution in [3.8, 4) is 16.9 Å². The summed E-state index contributed by atoms with van der Waals surface area (Å²) in [5, 5.41) is 8.36. The molecule has 6 rings (SSSR count). The van der Waals surface area contributed by atoms with Crippen molar-refractivity contribution in [3.05, 3.63) is 101 Å². The summed E-state index contributed by atoms with van der Waals surface area (Å²) < 4.78 is 1.43. The van der Waals surface area contributed by atoms with E-state index in [-0.39, 0.29) is 11.5 Å². The van der Waals surface area contributed by atoms with Gasteiger partial charge in [0.05, 0.1) is 11.1 Å². The molecule has 0 saturated carbocycles. The third kappa shape index (κ3) is 4.23. The van der Waals surface area contributed by atoms with E-state index in [0.717, 1.165) is 35.5 Å². The van der Waals surface area contributed by atoms with Gasteiger partial charge < -0.3 is 10.2 Å². The molecule has 0 atom stereocenters. The number of benzene rings is 3. The first-order valence-corrected chi connectivity index (χ1v) is 12.2. The Labute approximate surface area is 213 Å². The first-order valence-electron chi connectivity index (χ1n) is 12.2. The summed E-state index contributed by atoms with van der Waals surface area (Å²) in [6, 6.07) is 24.9. The SMILES string of the molecule is Cc1ccccc1-n1nc(-c2ccccc2)c2nc(Nc3ccc(N4CCCC4=O)cc3)ncc2c1=O. The number of hydrogen-bond acceptors (Lipinski definition) is 6. The highest BCUT2D eigenvalue weighted by atomic mass is 16.2. The molecule has 8 heteroatoms. The Morgan fingerprint density at radius 3 is 2.38 bits per heavy atom. The average Bonchev–Trinajstić information content (AvgIpc) is 3.36. The predicted molar refractivity (Wildman–Crippen MR) is 144 cm³/mol. The van der Waals surface area contributed by atoms with Gasteiger partial charge in [-0.2, -0.15) is 9.78 Å². The molecule has 182 valence electrons. The van der Waals surface area contributed by atoms with Gasteiger partial charge in [-0.1, -0.05) is 48.5 Å². The maximum Gasteiger partial charge on any atom is 0.282 e. The second kappa shape index (κ2) is 9.31. The quantitative estimate of drug-likeness (QED) is 0.373. The molecule has 0 spiro atoms. The van der Waals surface area contributed by atoms with Crippen LogP contribution in [-0.4, -0.2) is 32.2 Å². The van der Waals surface area contributed by atoms with E-state index >= 15 is 0 Å². The van der Waals surface area contributed by atoms with E-state index in [1.165, 1.54) is 4.68 Å². The Morgan fingerprint density at radius 2 is 1.65 bits per heavy atom.